The van der Waals surface area contributed by atoms with Gasteiger partial charge in [-0.15, -0.1) is 11.8 Å². The molecule has 0 fully saturated rings. The number of hydrogen-bond donors (Lipinski definition) is 1. The van der Waals surface area contributed by atoms with E-state index in [1.54, 1.807) is 6.07 Å². The van der Waals surface area contributed by atoms with E-state index in [-0.39, 0.29) is 17.6 Å². The molecule has 1 N–H and O–H groups in total. The smallest absolute Gasteiger partial charge is 0.336 e. The molecular weight excluding hydrogens is 450 g/mol. The molecule has 0 unspecified atom stereocenters. The van der Waals surface area contributed by atoms with Crippen molar-refractivity contribution in [1.82, 2.24) is 5.32 Å². The van der Waals surface area contributed by atoms with Crippen molar-refractivity contribution in [3.05, 3.63) is 79.6 Å². The first kappa shape index (κ1) is 20.2. The molecule has 1 heterocycles. The Morgan fingerprint density at radius 3 is 2.66 bits per heavy atom. The molecule has 0 aliphatic heterocycles. The molecule has 4 nitrogen and oxygen atoms in total. The van der Waals surface area contributed by atoms with Crippen LogP contribution in [0.1, 0.15) is 41.6 Å². The Labute approximate surface area is 182 Å². The fourth-order valence-electron chi connectivity index (χ4n) is 3.79. The van der Waals surface area contributed by atoms with Crippen LogP contribution in [0.15, 0.2) is 56.1 Å². The summed E-state index contributed by atoms with van der Waals surface area (Å²) < 4.78 is 6.43. The molecule has 6 heteroatoms. The van der Waals surface area contributed by atoms with Crippen molar-refractivity contribution in [2.24, 2.45) is 0 Å². The summed E-state index contributed by atoms with van der Waals surface area (Å²) in [5.41, 5.74) is 4.95. The summed E-state index contributed by atoms with van der Waals surface area (Å²) in [6.07, 6.45) is 3.27. The van der Waals surface area contributed by atoms with Crippen LogP contribution in [0.25, 0.3) is 11.0 Å². The van der Waals surface area contributed by atoms with Gasteiger partial charge < -0.3 is 9.73 Å². The van der Waals surface area contributed by atoms with Gasteiger partial charge in [0.05, 0.1) is 11.8 Å². The van der Waals surface area contributed by atoms with Crippen LogP contribution in [0.5, 0.6) is 0 Å². The predicted molar refractivity (Wildman–Crippen MR) is 121 cm³/mol. The summed E-state index contributed by atoms with van der Waals surface area (Å²) >= 11 is 4.93. The maximum atomic E-state index is 12.3. The van der Waals surface area contributed by atoms with Crippen molar-refractivity contribution < 1.29 is 9.21 Å². The van der Waals surface area contributed by atoms with E-state index in [0.717, 1.165) is 40.2 Å². The predicted octanol–water partition coefficient (Wildman–Crippen LogP) is 5.15. The molecule has 1 aliphatic carbocycles. The molecule has 0 radical (unpaired) electrons. The van der Waals surface area contributed by atoms with Crippen molar-refractivity contribution in [2.45, 2.75) is 38.0 Å². The van der Waals surface area contributed by atoms with Gasteiger partial charge in [-0.3, -0.25) is 4.79 Å². The number of halogens is 1. The van der Waals surface area contributed by atoms with E-state index in [4.69, 9.17) is 4.42 Å². The zero-order chi connectivity index (χ0) is 20.4. The highest BCUT2D eigenvalue weighted by molar-refractivity contribution is 9.10. The number of nitrogens with one attached hydrogen (secondary N) is 1. The number of rotatable bonds is 6. The van der Waals surface area contributed by atoms with Crippen LogP contribution in [0.2, 0.25) is 0 Å². The molecule has 0 saturated heterocycles. The van der Waals surface area contributed by atoms with Crippen LogP contribution < -0.4 is 10.9 Å². The van der Waals surface area contributed by atoms with E-state index in [1.807, 2.05) is 37.3 Å². The Morgan fingerprint density at radius 1 is 1.17 bits per heavy atom. The number of fused-ring (bicyclic) bond motifs is 2. The summed E-state index contributed by atoms with van der Waals surface area (Å²) in [5, 5.41) is 4.02. The van der Waals surface area contributed by atoms with Crippen molar-refractivity contribution in [3.63, 3.8) is 0 Å². The molecule has 29 heavy (non-hydrogen) atoms. The van der Waals surface area contributed by atoms with E-state index >= 15 is 0 Å². The number of thioether (sulfide) groups is 1. The molecule has 3 aromatic rings. The Morgan fingerprint density at radius 2 is 1.90 bits per heavy atom. The molecule has 0 bridgehead atoms. The van der Waals surface area contributed by atoms with Crippen LogP contribution >= 0.6 is 27.7 Å². The first-order valence-electron chi connectivity index (χ1n) is 9.71. The standard InChI is InChI=1S/C23H22BrNO3S/c1-14(15-5-7-19(24)8-6-15)25-22(26)13-29-12-18-11-23(27)28-21-10-17-4-2-3-16(17)9-20(18)21/h5-11,14H,2-4,12-13H2,1H3,(H,25,26)/t14-/m0/s1. The monoisotopic (exact) mass is 471 g/mol. The molecule has 0 spiro atoms. The lowest BCUT2D eigenvalue weighted by molar-refractivity contribution is -0.119. The third-order valence-corrected chi connectivity index (χ3v) is 6.79. The Balaban J connectivity index is 1.40. The molecular formula is C23H22BrNO3S. The van der Waals surface area contributed by atoms with Gasteiger partial charge in [0.2, 0.25) is 5.91 Å². The number of aryl methyl sites for hydroxylation is 2. The quantitative estimate of drug-likeness (QED) is 0.504. The zero-order valence-electron chi connectivity index (χ0n) is 16.2. The largest absolute Gasteiger partial charge is 0.423 e. The highest BCUT2D eigenvalue weighted by Crippen LogP contribution is 2.29. The van der Waals surface area contributed by atoms with E-state index in [0.29, 0.717) is 17.1 Å². The van der Waals surface area contributed by atoms with Crippen LogP contribution in [0.4, 0.5) is 0 Å². The SMILES string of the molecule is C[C@H](NC(=O)CSCc1cc(=O)oc2cc3c(cc12)CCC3)c1ccc(Br)cc1. The lowest BCUT2D eigenvalue weighted by atomic mass is 10.0. The lowest BCUT2D eigenvalue weighted by Gasteiger charge is -2.14. The van der Waals surface area contributed by atoms with Gasteiger partial charge in [-0.05, 0) is 72.7 Å². The normalized spacial score (nSPS) is 14.0. The molecule has 0 saturated carbocycles. The highest BCUT2D eigenvalue weighted by Gasteiger charge is 2.16. The molecule has 1 aliphatic rings. The van der Waals surface area contributed by atoms with Crippen LogP contribution in [0, 0.1) is 0 Å². The third kappa shape index (κ3) is 4.75. The highest BCUT2D eigenvalue weighted by atomic mass is 79.9. The van der Waals surface area contributed by atoms with E-state index in [2.05, 4.69) is 27.3 Å². The van der Waals surface area contributed by atoms with Gasteiger partial charge >= 0.3 is 5.63 Å². The molecule has 1 atom stereocenters. The average molecular weight is 472 g/mol. The van der Waals surface area contributed by atoms with E-state index < -0.39 is 0 Å². The van der Waals surface area contributed by atoms with Gasteiger partial charge in [0.1, 0.15) is 5.58 Å². The Hall–Kier alpha value is -2.05. The summed E-state index contributed by atoms with van der Waals surface area (Å²) in [4.78, 5) is 24.3. The van der Waals surface area contributed by atoms with Gasteiger partial charge in [-0.1, -0.05) is 28.1 Å². The number of amides is 1. The maximum Gasteiger partial charge on any atom is 0.336 e. The summed E-state index contributed by atoms with van der Waals surface area (Å²) in [6.45, 7) is 1.97. The number of hydrogen-bond acceptors (Lipinski definition) is 4. The molecule has 1 aromatic heterocycles. The van der Waals surface area contributed by atoms with Crippen molar-refractivity contribution >= 4 is 44.6 Å². The molecule has 4 rings (SSSR count). The van der Waals surface area contributed by atoms with E-state index in [9.17, 15) is 9.59 Å². The van der Waals surface area contributed by atoms with Gasteiger partial charge in [0.15, 0.2) is 0 Å². The van der Waals surface area contributed by atoms with Gasteiger partial charge in [-0.2, -0.15) is 0 Å². The topological polar surface area (TPSA) is 59.3 Å². The third-order valence-electron chi connectivity index (χ3n) is 5.28. The number of benzene rings is 2. The van der Waals surface area contributed by atoms with Crippen LogP contribution in [-0.2, 0) is 23.4 Å². The second-order valence-electron chi connectivity index (χ2n) is 7.39. The fraction of sp³-hybridized carbons (Fsp3) is 0.304. The average Bonchev–Trinajstić information content (AvgIpc) is 3.14. The number of carbonyl (C=O) groups excluding carboxylic acids is 1. The summed E-state index contributed by atoms with van der Waals surface area (Å²) in [7, 11) is 0. The molecule has 150 valence electrons. The summed E-state index contributed by atoms with van der Waals surface area (Å²) in [6, 6.07) is 13.6. The minimum absolute atomic E-state index is 0.0152. The van der Waals surface area contributed by atoms with Gasteiger partial charge in [0.25, 0.3) is 0 Å². The molecule has 2 aromatic carbocycles. The summed E-state index contributed by atoms with van der Waals surface area (Å²) in [5.74, 6) is 0.924. The first-order chi connectivity index (χ1) is 14.0. The maximum absolute atomic E-state index is 12.3. The minimum Gasteiger partial charge on any atom is -0.423 e. The number of carbonyl (C=O) groups is 1. The zero-order valence-corrected chi connectivity index (χ0v) is 18.6. The lowest BCUT2D eigenvalue weighted by Crippen LogP contribution is -2.28. The van der Waals surface area contributed by atoms with Crippen molar-refractivity contribution in [2.75, 3.05) is 5.75 Å². The van der Waals surface area contributed by atoms with Crippen LogP contribution in [-0.4, -0.2) is 11.7 Å². The Bertz CT molecular complexity index is 1110. The first-order valence-corrected chi connectivity index (χ1v) is 11.7. The van der Waals surface area contributed by atoms with E-state index in [1.165, 1.54) is 22.9 Å². The minimum atomic E-state index is -0.334. The molecule has 1 amide bonds. The Kier molecular flexibility index (Phi) is 6.11. The second kappa shape index (κ2) is 8.76. The van der Waals surface area contributed by atoms with Crippen molar-refractivity contribution in [1.29, 1.82) is 0 Å². The van der Waals surface area contributed by atoms with Gasteiger partial charge in [0, 0.05) is 21.7 Å². The van der Waals surface area contributed by atoms with Gasteiger partial charge in [-0.25, -0.2) is 4.79 Å². The van der Waals surface area contributed by atoms with Crippen molar-refractivity contribution in [3.8, 4) is 0 Å². The second-order valence-corrected chi connectivity index (χ2v) is 9.30. The van der Waals surface area contributed by atoms with Crippen LogP contribution in [0.3, 0.4) is 0 Å². The fourth-order valence-corrected chi connectivity index (χ4v) is 4.88.